The Bertz CT molecular complexity index is 585. The molecular weight excluding hydrogens is 296 g/mol. The third-order valence-electron chi connectivity index (χ3n) is 3.06. The summed E-state index contributed by atoms with van der Waals surface area (Å²) in [5.74, 6) is -1.09. The zero-order chi connectivity index (χ0) is 17.3. The van der Waals surface area contributed by atoms with Crippen molar-refractivity contribution in [1.29, 1.82) is 0 Å². The summed E-state index contributed by atoms with van der Waals surface area (Å²) in [6.45, 7) is 4.70. The number of rotatable bonds is 7. The fourth-order valence-corrected chi connectivity index (χ4v) is 1.92. The summed E-state index contributed by atoms with van der Waals surface area (Å²) in [4.78, 5) is 22.8. The maximum absolute atomic E-state index is 12.1. The molecule has 23 heavy (non-hydrogen) atoms. The lowest BCUT2D eigenvalue weighted by Crippen LogP contribution is -2.38. The van der Waals surface area contributed by atoms with E-state index in [0.29, 0.717) is 11.1 Å². The lowest BCUT2D eigenvalue weighted by Gasteiger charge is -2.24. The molecule has 5 heteroatoms. The minimum absolute atomic E-state index is 0.120. The Kier molecular flexibility index (Phi) is 7.22. The first kappa shape index (κ1) is 18.6. The minimum atomic E-state index is -1.79. The summed E-state index contributed by atoms with van der Waals surface area (Å²) >= 11 is 0. The van der Waals surface area contributed by atoms with E-state index in [2.05, 4.69) is 0 Å². The van der Waals surface area contributed by atoms with Gasteiger partial charge in [-0.25, -0.2) is 4.79 Å². The molecule has 1 aromatic rings. The summed E-state index contributed by atoms with van der Waals surface area (Å²) in [6.07, 6.45) is 4.85. The maximum atomic E-state index is 12.1. The van der Waals surface area contributed by atoms with Crippen molar-refractivity contribution in [2.75, 3.05) is 13.2 Å². The first-order chi connectivity index (χ1) is 10.9. The predicted octanol–water partition coefficient (Wildman–Crippen LogP) is 2.50. The summed E-state index contributed by atoms with van der Waals surface area (Å²) in [7, 11) is 0. The number of carbonyl (C=O) groups excluding carboxylic acids is 2. The molecule has 0 bridgehead atoms. The van der Waals surface area contributed by atoms with Crippen LogP contribution in [0.15, 0.2) is 48.6 Å². The van der Waals surface area contributed by atoms with Crippen LogP contribution >= 0.6 is 0 Å². The second-order valence-electron chi connectivity index (χ2n) is 4.97. The summed E-state index contributed by atoms with van der Waals surface area (Å²) in [6, 6.07) is 9.05. The van der Waals surface area contributed by atoms with E-state index in [1.54, 1.807) is 37.3 Å². The average molecular weight is 318 g/mol. The van der Waals surface area contributed by atoms with Crippen LogP contribution < -0.4 is 0 Å². The van der Waals surface area contributed by atoms with E-state index in [-0.39, 0.29) is 19.2 Å². The highest BCUT2D eigenvalue weighted by Crippen LogP contribution is 2.28. The molecule has 0 saturated carbocycles. The molecule has 0 aliphatic heterocycles. The van der Waals surface area contributed by atoms with Gasteiger partial charge in [-0.15, -0.1) is 0 Å². The second kappa shape index (κ2) is 8.90. The molecule has 1 rings (SSSR count). The number of esters is 2. The van der Waals surface area contributed by atoms with Crippen LogP contribution in [0.1, 0.15) is 26.3 Å². The van der Waals surface area contributed by atoms with Gasteiger partial charge in [-0.2, -0.15) is 0 Å². The van der Waals surface area contributed by atoms with Gasteiger partial charge in [0.2, 0.25) is 0 Å². The molecule has 1 N–H and O–H groups in total. The Balaban J connectivity index is 3.08. The van der Waals surface area contributed by atoms with E-state index in [0.717, 1.165) is 0 Å². The lowest BCUT2D eigenvalue weighted by molar-refractivity contribution is -0.157. The Hall–Kier alpha value is -2.40. The zero-order valence-corrected chi connectivity index (χ0v) is 13.6. The number of allylic oxidation sites excluding steroid dienone is 2. The predicted molar refractivity (Wildman–Crippen MR) is 87.4 cm³/mol. The van der Waals surface area contributed by atoms with Crippen molar-refractivity contribution in [3.8, 4) is 0 Å². The van der Waals surface area contributed by atoms with Crippen LogP contribution in [0.5, 0.6) is 0 Å². The van der Waals surface area contributed by atoms with Crippen LogP contribution in [0.4, 0.5) is 0 Å². The molecule has 0 spiro atoms. The minimum Gasteiger partial charge on any atom is -0.464 e. The molecule has 5 nitrogen and oxygen atoms in total. The maximum Gasteiger partial charge on any atom is 0.342 e. The van der Waals surface area contributed by atoms with E-state index in [4.69, 9.17) is 9.47 Å². The van der Waals surface area contributed by atoms with Crippen LogP contribution in [0, 0.1) is 0 Å². The number of carbonyl (C=O) groups is 2. The van der Waals surface area contributed by atoms with Crippen LogP contribution in [0.2, 0.25) is 0 Å². The van der Waals surface area contributed by atoms with Crippen LogP contribution in [0.3, 0.4) is 0 Å². The lowest BCUT2D eigenvalue weighted by atomic mass is 9.89. The van der Waals surface area contributed by atoms with Gasteiger partial charge in [-0.3, -0.25) is 4.79 Å². The van der Waals surface area contributed by atoms with Gasteiger partial charge in [0.25, 0.3) is 0 Å². The molecule has 0 aliphatic rings. The number of ether oxygens (including phenoxy) is 2. The molecule has 0 aromatic heterocycles. The topological polar surface area (TPSA) is 72.8 Å². The Labute approximate surface area is 136 Å². The van der Waals surface area contributed by atoms with Gasteiger partial charge in [0, 0.05) is 12.5 Å². The van der Waals surface area contributed by atoms with E-state index < -0.39 is 11.6 Å². The highest BCUT2D eigenvalue weighted by atomic mass is 16.5. The van der Waals surface area contributed by atoms with E-state index in [9.17, 15) is 14.7 Å². The van der Waals surface area contributed by atoms with Crippen LogP contribution in [-0.4, -0.2) is 35.9 Å². The van der Waals surface area contributed by atoms with Gasteiger partial charge in [0.15, 0.2) is 5.60 Å². The summed E-state index contributed by atoms with van der Waals surface area (Å²) < 4.78 is 9.74. The molecule has 1 aromatic carbocycles. The average Bonchev–Trinajstić information content (AvgIpc) is 2.51. The number of hydrogen-bond donors (Lipinski definition) is 1. The molecule has 0 saturated heterocycles. The van der Waals surface area contributed by atoms with Gasteiger partial charge >= 0.3 is 11.9 Å². The zero-order valence-electron chi connectivity index (χ0n) is 13.6. The molecule has 0 heterocycles. The van der Waals surface area contributed by atoms with Crippen molar-refractivity contribution in [2.24, 2.45) is 0 Å². The van der Waals surface area contributed by atoms with Crippen molar-refractivity contribution >= 4 is 17.5 Å². The van der Waals surface area contributed by atoms with Crippen LogP contribution in [0.25, 0.3) is 5.57 Å². The van der Waals surface area contributed by atoms with Gasteiger partial charge in [-0.05, 0) is 25.5 Å². The second-order valence-corrected chi connectivity index (χ2v) is 4.97. The largest absolute Gasteiger partial charge is 0.464 e. The third kappa shape index (κ3) is 5.71. The van der Waals surface area contributed by atoms with Gasteiger partial charge in [-0.1, -0.05) is 42.5 Å². The molecular formula is C18H22O5. The summed E-state index contributed by atoms with van der Waals surface area (Å²) in [5, 5.41) is 10.6. The fourth-order valence-electron chi connectivity index (χ4n) is 1.92. The highest BCUT2D eigenvalue weighted by molar-refractivity contribution is 5.96. The smallest absolute Gasteiger partial charge is 0.342 e. The Morgan fingerprint density at radius 3 is 2.43 bits per heavy atom. The van der Waals surface area contributed by atoms with Gasteiger partial charge < -0.3 is 14.6 Å². The normalized spacial score (nSPS) is 14.3. The fraction of sp³-hybridized carbons (Fsp3) is 0.333. The molecule has 0 fully saturated rings. The van der Waals surface area contributed by atoms with Crippen molar-refractivity contribution < 1.29 is 24.2 Å². The SMILES string of the molecule is CCOC(=O)[C@](C)(O)/C(=C/C=C/COC(C)=O)c1ccccc1. The summed E-state index contributed by atoms with van der Waals surface area (Å²) in [5.41, 5.74) is -0.693. The van der Waals surface area contributed by atoms with E-state index in [1.165, 1.54) is 13.8 Å². The number of benzene rings is 1. The Morgan fingerprint density at radius 2 is 1.87 bits per heavy atom. The highest BCUT2D eigenvalue weighted by Gasteiger charge is 2.36. The van der Waals surface area contributed by atoms with Crippen LogP contribution in [-0.2, 0) is 19.1 Å². The molecule has 0 amide bonds. The van der Waals surface area contributed by atoms with Gasteiger partial charge in [0.05, 0.1) is 6.61 Å². The number of aliphatic hydroxyl groups is 1. The first-order valence-corrected chi connectivity index (χ1v) is 7.35. The van der Waals surface area contributed by atoms with Crippen molar-refractivity contribution in [2.45, 2.75) is 26.4 Å². The molecule has 1 atom stereocenters. The quantitative estimate of drug-likeness (QED) is 0.618. The number of hydrogen-bond acceptors (Lipinski definition) is 5. The van der Waals surface area contributed by atoms with Crippen molar-refractivity contribution in [3.63, 3.8) is 0 Å². The van der Waals surface area contributed by atoms with Gasteiger partial charge in [0.1, 0.15) is 6.61 Å². The molecule has 0 unspecified atom stereocenters. The standard InChI is InChI=1S/C18H22O5/c1-4-22-17(20)18(3,21)16(15-10-6-5-7-11-15)12-8-9-13-23-14(2)19/h5-12,21H,4,13H2,1-3H3/b9-8+,16-12+/t18-/m1/s1. The Morgan fingerprint density at radius 1 is 1.22 bits per heavy atom. The van der Waals surface area contributed by atoms with E-state index >= 15 is 0 Å². The third-order valence-corrected chi connectivity index (χ3v) is 3.06. The van der Waals surface area contributed by atoms with Crippen molar-refractivity contribution in [1.82, 2.24) is 0 Å². The van der Waals surface area contributed by atoms with Crippen molar-refractivity contribution in [3.05, 3.63) is 54.1 Å². The molecule has 0 aliphatic carbocycles. The molecule has 124 valence electrons. The first-order valence-electron chi connectivity index (χ1n) is 7.35. The monoisotopic (exact) mass is 318 g/mol. The molecule has 0 radical (unpaired) electrons. The van der Waals surface area contributed by atoms with E-state index in [1.807, 2.05) is 18.2 Å².